The van der Waals surface area contributed by atoms with Gasteiger partial charge in [0.25, 0.3) is 0 Å². The number of anilines is 1. The van der Waals surface area contributed by atoms with Crippen LogP contribution in [0.1, 0.15) is 18.4 Å². The third-order valence-electron chi connectivity index (χ3n) is 2.49. The number of halogens is 1. The SMILES string of the molecule is Cc1ccc(C(C)(O)CNc2cncc(Cl)n2)o1. The molecule has 0 saturated carbocycles. The van der Waals surface area contributed by atoms with Gasteiger partial charge in [0.15, 0.2) is 0 Å². The van der Waals surface area contributed by atoms with Crippen molar-refractivity contribution in [3.8, 4) is 0 Å². The lowest BCUT2D eigenvalue weighted by Crippen LogP contribution is -2.30. The fourth-order valence-corrected chi connectivity index (χ4v) is 1.65. The van der Waals surface area contributed by atoms with Crippen LogP contribution in [0.25, 0.3) is 0 Å². The lowest BCUT2D eigenvalue weighted by Gasteiger charge is -2.21. The van der Waals surface area contributed by atoms with Crippen molar-refractivity contribution in [2.75, 3.05) is 11.9 Å². The number of aromatic nitrogens is 2. The van der Waals surface area contributed by atoms with E-state index in [1.807, 2.05) is 13.0 Å². The van der Waals surface area contributed by atoms with E-state index in [-0.39, 0.29) is 6.54 Å². The molecule has 0 fully saturated rings. The Hall–Kier alpha value is -1.59. The summed E-state index contributed by atoms with van der Waals surface area (Å²) in [5, 5.41) is 13.6. The Bertz CT molecular complexity index is 540. The Kier molecular flexibility index (Phi) is 3.54. The molecule has 0 aromatic carbocycles. The molecule has 6 heteroatoms. The molecule has 0 aliphatic carbocycles. The van der Waals surface area contributed by atoms with Crippen LogP contribution >= 0.6 is 11.6 Å². The van der Waals surface area contributed by atoms with Gasteiger partial charge in [0.05, 0.1) is 18.9 Å². The van der Waals surface area contributed by atoms with Crippen molar-refractivity contribution in [2.24, 2.45) is 0 Å². The van der Waals surface area contributed by atoms with E-state index in [0.29, 0.717) is 16.7 Å². The van der Waals surface area contributed by atoms with Crippen LogP contribution in [0.4, 0.5) is 5.82 Å². The Morgan fingerprint density at radius 3 is 2.83 bits per heavy atom. The Labute approximate surface area is 110 Å². The maximum atomic E-state index is 10.3. The summed E-state index contributed by atoms with van der Waals surface area (Å²) in [5.41, 5.74) is -1.13. The molecule has 5 nitrogen and oxygen atoms in total. The van der Waals surface area contributed by atoms with Crippen molar-refractivity contribution in [1.29, 1.82) is 0 Å². The fourth-order valence-electron chi connectivity index (χ4n) is 1.50. The first-order chi connectivity index (χ1) is 8.47. The number of aliphatic hydroxyl groups is 1. The van der Waals surface area contributed by atoms with Crippen LogP contribution in [0.15, 0.2) is 28.9 Å². The number of aryl methyl sites for hydroxylation is 1. The molecule has 1 atom stereocenters. The van der Waals surface area contributed by atoms with E-state index in [9.17, 15) is 5.11 Å². The van der Waals surface area contributed by atoms with Crippen molar-refractivity contribution < 1.29 is 9.52 Å². The minimum Gasteiger partial charge on any atom is -0.463 e. The van der Waals surface area contributed by atoms with Crippen molar-refractivity contribution >= 4 is 17.4 Å². The predicted molar refractivity (Wildman–Crippen MR) is 68.5 cm³/mol. The van der Waals surface area contributed by atoms with E-state index >= 15 is 0 Å². The molecule has 2 aromatic rings. The van der Waals surface area contributed by atoms with Gasteiger partial charge in [-0.1, -0.05) is 11.6 Å². The molecular formula is C12H14ClN3O2. The topological polar surface area (TPSA) is 71.2 Å². The van der Waals surface area contributed by atoms with E-state index in [1.165, 1.54) is 12.4 Å². The molecule has 2 N–H and O–H groups in total. The summed E-state index contributed by atoms with van der Waals surface area (Å²) in [7, 11) is 0. The van der Waals surface area contributed by atoms with Gasteiger partial charge in [-0.25, -0.2) is 4.98 Å². The van der Waals surface area contributed by atoms with Crippen molar-refractivity contribution in [3.63, 3.8) is 0 Å². The van der Waals surface area contributed by atoms with E-state index < -0.39 is 5.60 Å². The standard InChI is InChI=1S/C12H14ClN3O2/c1-8-3-4-9(18-8)12(2,17)7-15-11-6-14-5-10(13)16-11/h3-6,17H,7H2,1-2H3,(H,15,16). The highest BCUT2D eigenvalue weighted by Gasteiger charge is 2.26. The van der Waals surface area contributed by atoms with Gasteiger partial charge in [-0.2, -0.15) is 0 Å². The summed E-state index contributed by atoms with van der Waals surface area (Å²) in [6.45, 7) is 3.74. The normalized spacial score (nSPS) is 14.2. The third-order valence-corrected chi connectivity index (χ3v) is 2.67. The molecule has 96 valence electrons. The molecule has 2 aromatic heterocycles. The quantitative estimate of drug-likeness (QED) is 0.890. The highest BCUT2D eigenvalue weighted by Crippen LogP contribution is 2.23. The Morgan fingerprint density at radius 1 is 1.44 bits per heavy atom. The highest BCUT2D eigenvalue weighted by molar-refractivity contribution is 6.29. The third kappa shape index (κ3) is 3.00. The second-order valence-corrected chi connectivity index (χ2v) is 4.65. The van der Waals surface area contributed by atoms with Crippen molar-refractivity contribution in [1.82, 2.24) is 9.97 Å². The first-order valence-corrected chi connectivity index (χ1v) is 5.86. The highest BCUT2D eigenvalue weighted by atomic mass is 35.5. The zero-order chi connectivity index (χ0) is 13.2. The maximum absolute atomic E-state index is 10.3. The summed E-state index contributed by atoms with van der Waals surface area (Å²) in [6.07, 6.45) is 2.98. The van der Waals surface area contributed by atoms with Crippen LogP contribution in [0.3, 0.4) is 0 Å². The smallest absolute Gasteiger partial charge is 0.149 e. The molecule has 0 amide bonds. The molecule has 1 unspecified atom stereocenters. The first kappa shape index (κ1) is 12.9. The molecule has 0 radical (unpaired) electrons. The van der Waals surface area contributed by atoms with Crippen molar-refractivity contribution in [3.05, 3.63) is 41.2 Å². The van der Waals surface area contributed by atoms with E-state index in [0.717, 1.165) is 5.76 Å². The average molecular weight is 268 g/mol. The van der Waals surface area contributed by atoms with Crippen molar-refractivity contribution in [2.45, 2.75) is 19.4 Å². The largest absolute Gasteiger partial charge is 0.463 e. The summed E-state index contributed by atoms with van der Waals surface area (Å²) in [5.74, 6) is 1.77. The Balaban J connectivity index is 2.05. The monoisotopic (exact) mass is 267 g/mol. The van der Waals surface area contributed by atoms with E-state index in [4.69, 9.17) is 16.0 Å². The van der Waals surface area contributed by atoms with Crippen LogP contribution in [0.2, 0.25) is 5.15 Å². The average Bonchev–Trinajstić information content (AvgIpc) is 2.74. The summed E-state index contributed by atoms with van der Waals surface area (Å²) in [4.78, 5) is 7.92. The predicted octanol–water partition coefficient (Wildman–Crippen LogP) is 2.35. The second kappa shape index (κ2) is 4.96. The molecule has 0 spiro atoms. The number of rotatable bonds is 4. The molecule has 0 aliphatic rings. The number of nitrogens with zero attached hydrogens (tertiary/aromatic N) is 2. The summed E-state index contributed by atoms with van der Waals surface area (Å²) < 4.78 is 5.41. The van der Waals surface area contributed by atoms with Crippen LogP contribution in [0, 0.1) is 6.92 Å². The van der Waals surface area contributed by atoms with E-state index in [2.05, 4.69) is 15.3 Å². The molecular weight excluding hydrogens is 254 g/mol. The minimum absolute atomic E-state index is 0.245. The fraction of sp³-hybridized carbons (Fsp3) is 0.333. The molecule has 2 heterocycles. The lowest BCUT2D eigenvalue weighted by molar-refractivity contribution is 0.0467. The summed E-state index contributed by atoms with van der Waals surface area (Å²) in [6, 6.07) is 3.56. The minimum atomic E-state index is -1.13. The van der Waals surface area contributed by atoms with Crippen LogP contribution in [-0.4, -0.2) is 21.6 Å². The number of hydrogen-bond acceptors (Lipinski definition) is 5. The lowest BCUT2D eigenvalue weighted by atomic mass is 10.0. The van der Waals surface area contributed by atoms with Gasteiger partial charge in [0.2, 0.25) is 0 Å². The maximum Gasteiger partial charge on any atom is 0.149 e. The molecule has 0 saturated heterocycles. The van der Waals surface area contributed by atoms with Gasteiger partial charge in [-0.15, -0.1) is 0 Å². The first-order valence-electron chi connectivity index (χ1n) is 5.48. The second-order valence-electron chi connectivity index (χ2n) is 4.26. The molecule has 0 bridgehead atoms. The van der Waals surface area contributed by atoms with Gasteiger partial charge >= 0.3 is 0 Å². The Morgan fingerprint density at radius 2 is 2.22 bits per heavy atom. The molecule has 2 rings (SSSR count). The van der Waals surface area contributed by atoms with Gasteiger partial charge in [0.1, 0.15) is 28.1 Å². The number of hydrogen-bond donors (Lipinski definition) is 2. The van der Waals surface area contributed by atoms with Crippen LogP contribution in [-0.2, 0) is 5.60 Å². The summed E-state index contributed by atoms with van der Waals surface area (Å²) >= 11 is 5.72. The van der Waals surface area contributed by atoms with Gasteiger partial charge in [0, 0.05) is 0 Å². The van der Waals surface area contributed by atoms with Gasteiger partial charge in [-0.05, 0) is 26.0 Å². The zero-order valence-electron chi connectivity index (χ0n) is 10.1. The van der Waals surface area contributed by atoms with Crippen LogP contribution in [0.5, 0.6) is 0 Å². The van der Waals surface area contributed by atoms with E-state index in [1.54, 1.807) is 13.0 Å². The van der Waals surface area contributed by atoms with Gasteiger partial charge in [-0.3, -0.25) is 4.98 Å². The molecule has 18 heavy (non-hydrogen) atoms. The molecule has 0 aliphatic heterocycles. The van der Waals surface area contributed by atoms with Crippen LogP contribution < -0.4 is 5.32 Å². The zero-order valence-corrected chi connectivity index (χ0v) is 10.9. The number of furan rings is 1. The number of nitrogens with one attached hydrogen (secondary N) is 1. The van der Waals surface area contributed by atoms with Gasteiger partial charge < -0.3 is 14.8 Å².